The van der Waals surface area contributed by atoms with Crippen molar-refractivity contribution in [2.75, 3.05) is 13.7 Å². The molecule has 0 aliphatic heterocycles. The molecule has 108 valence electrons. The molecular formula is C16H22N2O2. The Morgan fingerprint density at radius 2 is 1.85 bits per heavy atom. The van der Waals surface area contributed by atoms with E-state index in [1.807, 2.05) is 31.2 Å². The first-order chi connectivity index (χ1) is 9.72. The molecule has 4 heteroatoms. The molecule has 4 nitrogen and oxygen atoms in total. The third kappa shape index (κ3) is 3.53. The number of aromatic amines is 1. The van der Waals surface area contributed by atoms with Crippen LogP contribution in [0.4, 0.5) is 0 Å². The maximum atomic E-state index is 5.76. The zero-order chi connectivity index (χ0) is 14.4. The summed E-state index contributed by atoms with van der Waals surface area (Å²) in [5.41, 5.74) is 3.61. The minimum atomic E-state index is 0.705. The van der Waals surface area contributed by atoms with E-state index < -0.39 is 0 Å². The smallest absolute Gasteiger partial charge is 0.161 e. The van der Waals surface area contributed by atoms with E-state index in [-0.39, 0.29) is 0 Å². The molecule has 1 aromatic carbocycles. The molecule has 1 heterocycles. The van der Waals surface area contributed by atoms with Crippen molar-refractivity contribution in [1.29, 1.82) is 0 Å². The van der Waals surface area contributed by atoms with E-state index in [0.717, 1.165) is 36.5 Å². The molecule has 0 saturated heterocycles. The van der Waals surface area contributed by atoms with E-state index >= 15 is 0 Å². The summed E-state index contributed by atoms with van der Waals surface area (Å²) in [7, 11) is 1.66. The molecule has 0 amide bonds. The molecule has 0 radical (unpaired) electrons. The van der Waals surface area contributed by atoms with Gasteiger partial charge in [0.05, 0.1) is 19.4 Å². The van der Waals surface area contributed by atoms with E-state index in [2.05, 4.69) is 17.1 Å². The number of unbranched alkanes of at least 4 members (excludes halogenated alkanes) is 1. The summed E-state index contributed by atoms with van der Waals surface area (Å²) >= 11 is 0. The molecule has 2 aromatic rings. The number of aromatic nitrogens is 2. The molecule has 2 rings (SSSR count). The number of nitrogens with one attached hydrogen (secondary N) is 1. The predicted octanol–water partition coefficient (Wildman–Crippen LogP) is 3.44. The quantitative estimate of drug-likeness (QED) is 0.787. The second-order valence-electron chi connectivity index (χ2n) is 4.87. The van der Waals surface area contributed by atoms with Crippen molar-refractivity contribution in [2.24, 2.45) is 0 Å². The Morgan fingerprint density at radius 1 is 1.10 bits per heavy atom. The third-order valence-electron chi connectivity index (χ3n) is 3.43. The fourth-order valence-corrected chi connectivity index (χ4v) is 2.27. The number of nitrogens with zero attached hydrogens (tertiary/aromatic N) is 1. The van der Waals surface area contributed by atoms with E-state index in [4.69, 9.17) is 9.47 Å². The fourth-order valence-electron chi connectivity index (χ4n) is 2.27. The Bertz CT molecular complexity index is 530. The zero-order valence-corrected chi connectivity index (χ0v) is 12.4. The van der Waals surface area contributed by atoms with Crippen molar-refractivity contribution in [3.63, 3.8) is 0 Å². The Balaban J connectivity index is 1.74. The number of hydrogen-bond acceptors (Lipinski definition) is 3. The maximum absolute atomic E-state index is 5.76. The van der Waals surface area contributed by atoms with Gasteiger partial charge in [-0.3, -0.25) is 5.10 Å². The molecule has 0 saturated carbocycles. The highest BCUT2D eigenvalue weighted by molar-refractivity contribution is 5.39. The zero-order valence-electron chi connectivity index (χ0n) is 12.4. The van der Waals surface area contributed by atoms with Gasteiger partial charge >= 0.3 is 0 Å². The molecule has 1 aromatic heterocycles. The Morgan fingerprint density at radius 3 is 2.50 bits per heavy atom. The summed E-state index contributed by atoms with van der Waals surface area (Å²) in [4.78, 5) is 0. The van der Waals surface area contributed by atoms with Crippen LogP contribution in [0.2, 0.25) is 0 Å². The maximum Gasteiger partial charge on any atom is 0.161 e. The second-order valence-corrected chi connectivity index (χ2v) is 4.87. The van der Waals surface area contributed by atoms with E-state index in [9.17, 15) is 0 Å². The molecule has 0 bridgehead atoms. The highest BCUT2D eigenvalue weighted by Gasteiger charge is 2.06. The van der Waals surface area contributed by atoms with Gasteiger partial charge in [0, 0.05) is 5.69 Å². The minimum absolute atomic E-state index is 0.705. The van der Waals surface area contributed by atoms with Gasteiger partial charge in [-0.05, 0) is 50.8 Å². The van der Waals surface area contributed by atoms with Gasteiger partial charge in [-0.25, -0.2) is 0 Å². The van der Waals surface area contributed by atoms with Crippen molar-refractivity contribution in [3.05, 3.63) is 41.2 Å². The predicted molar refractivity (Wildman–Crippen MR) is 79.5 cm³/mol. The topological polar surface area (TPSA) is 47.1 Å². The Kier molecular flexibility index (Phi) is 5.04. The largest absolute Gasteiger partial charge is 0.493 e. The molecule has 20 heavy (non-hydrogen) atoms. The number of para-hydroxylation sites is 2. The lowest BCUT2D eigenvalue weighted by Gasteiger charge is -2.10. The SMILES string of the molecule is COc1ccccc1OCCCCc1c(C)n[nH]c1C. The normalized spacial score (nSPS) is 10.6. The fraction of sp³-hybridized carbons (Fsp3) is 0.438. The number of ether oxygens (including phenoxy) is 2. The molecule has 0 unspecified atom stereocenters. The summed E-state index contributed by atoms with van der Waals surface area (Å²) < 4.78 is 11.0. The number of aryl methyl sites for hydroxylation is 2. The van der Waals surface area contributed by atoms with Crippen molar-refractivity contribution in [1.82, 2.24) is 10.2 Å². The number of rotatable bonds is 7. The van der Waals surface area contributed by atoms with Crippen LogP contribution in [0.25, 0.3) is 0 Å². The highest BCUT2D eigenvalue weighted by atomic mass is 16.5. The first-order valence-electron chi connectivity index (χ1n) is 6.98. The van der Waals surface area contributed by atoms with Gasteiger partial charge in [-0.15, -0.1) is 0 Å². The molecular weight excluding hydrogens is 252 g/mol. The molecule has 0 fully saturated rings. The van der Waals surface area contributed by atoms with Crippen molar-refractivity contribution < 1.29 is 9.47 Å². The van der Waals surface area contributed by atoms with Crippen LogP contribution in [0.5, 0.6) is 11.5 Å². The Labute approximate surface area is 120 Å². The van der Waals surface area contributed by atoms with Crippen LogP contribution < -0.4 is 9.47 Å². The number of H-pyrrole nitrogens is 1. The summed E-state index contributed by atoms with van der Waals surface area (Å²) in [5.74, 6) is 1.60. The highest BCUT2D eigenvalue weighted by Crippen LogP contribution is 2.25. The lowest BCUT2D eigenvalue weighted by atomic mass is 10.1. The van der Waals surface area contributed by atoms with Crippen LogP contribution in [0.3, 0.4) is 0 Å². The van der Waals surface area contributed by atoms with Gasteiger partial charge in [0.1, 0.15) is 0 Å². The lowest BCUT2D eigenvalue weighted by Crippen LogP contribution is -2.00. The minimum Gasteiger partial charge on any atom is -0.493 e. The van der Waals surface area contributed by atoms with Crippen molar-refractivity contribution in [3.8, 4) is 11.5 Å². The average molecular weight is 274 g/mol. The van der Waals surface area contributed by atoms with E-state index in [1.54, 1.807) is 7.11 Å². The van der Waals surface area contributed by atoms with Crippen LogP contribution >= 0.6 is 0 Å². The summed E-state index contributed by atoms with van der Waals surface area (Å²) in [6.45, 7) is 4.82. The first kappa shape index (κ1) is 14.4. The molecule has 1 N–H and O–H groups in total. The van der Waals surface area contributed by atoms with Gasteiger partial charge in [-0.1, -0.05) is 12.1 Å². The molecule has 0 aliphatic rings. The second kappa shape index (κ2) is 6.98. The van der Waals surface area contributed by atoms with Crippen LogP contribution in [-0.4, -0.2) is 23.9 Å². The summed E-state index contributed by atoms with van der Waals surface area (Å²) in [5, 5.41) is 7.23. The van der Waals surface area contributed by atoms with Gasteiger partial charge in [0.2, 0.25) is 0 Å². The number of methoxy groups -OCH3 is 1. The number of hydrogen-bond donors (Lipinski definition) is 1. The average Bonchev–Trinajstić information content (AvgIpc) is 2.79. The Hall–Kier alpha value is -1.97. The molecule has 0 spiro atoms. The monoisotopic (exact) mass is 274 g/mol. The van der Waals surface area contributed by atoms with Crippen LogP contribution in [0.1, 0.15) is 29.8 Å². The van der Waals surface area contributed by atoms with Gasteiger partial charge in [0.15, 0.2) is 11.5 Å². The van der Waals surface area contributed by atoms with Gasteiger partial charge in [0.25, 0.3) is 0 Å². The van der Waals surface area contributed by atoms with Gasteiger partial charge in [-0.2, -0.15) is 5.10 Å². The van der Waals surface area contributed by atoms with Crippen LogP contribution in [-0.2, 0) is 6.42 Å². The number of benzene rings is 1. The van der Waals surface area contributed by atoms with E-state index in [1.165, 1.54) is 11.3 Å². The summed E-state index contributed by atoms with van der Waals surface area (Å²) in [6.07, 6.45) is 3.15. The van der Waals surface area contributed by atoms with Crippen molar-refractivity contribution >= 4 is 0 Å². The molecule has 0 atom stereocenters. The first-order valence-corrected chi connectivity index (χ1v) is 6.98. The molecule has 0 aliphatic carbocycles. The summed E-state index contributed by atoms with van der Waals surface area (Å²) in [6, 6.07) is 7.74. The van der Waals surface area contributed by atoms with Crippen LogP contribution in [0, 0.1) is 13.8 Å². The third-order valence-corrected chi connectivity index (χ3v) is 3.43. The lowest BCUT2D eigenvalue weighted by molar-refractivity contribution is 0.286. The van der Waals surface area contributed by atoms with Crippen LogP contribution in [0.15, 0.2) is 24.3 Å². The van der Waals surface area contributed by atoms with Crippen molar-refractivity contribution in [2.45, 2.75) is 33.1 Å². The van der Waals surface area contributed by atoms with Gasteiger partial charge < -0.3 is 9.47 Å². The van der Waals surface area contributed by atoms with E-state index in [0.29, 0.717) is 6.61 Å². The standard InChI is InChI=1S/C16H22N2O2/c1-12-14(13(2)18-17-12)8-6-7-11-20-16-10-5-4-9-15(16)19-3/h4-5,9-10H,6-8,11H2,1-3H3,(H,17,18).